The molecule has 0 bridgehead atoms. The topological polar surface area (TPSA) is 54.4 Å². The van der Waals surface area contributed by atoms with Crippen LogP contribution >= 0.6 is 0 Å². The van der Waals surface area contributed by atoms with Gasteiger partial charge in [-0.2, -0.15) is 0 Å². The molecule has 3 rings (SSSR count). The summed E-state index contributed by atoms with van der Waals surface area (Å²) in [4.78, 5) is 4.93. The molecule has 0 amide bonds. The summed E-state index contributed by atoms with van der Waals surface area (Å²) in [6.07, 6.45) is 6.53. The van der Waals surface area contributed by atoms with Gasteiger partial charge in [-0.25, -0.2) is 0 Å². The Morgan fingerprint density at radius 1 is 1.13 bits per heavy atom. The van der Waals surface area contributed by atoms with E-state index in [0.29, 0.717) is 30.3 Å². The second kappa shape index (κ2) is 11.9. The van der Waals surface area contributed by atoms with Crippen LogP contribution in [0.15, 0.2) is 24.3 Å². The van der Waals surface area contributed by atoms with Gasteiger partial charge in [-0.15, -0.1) is 0 Å². The molecule has 1 aromatic carbocycles. The van der Waals surface area contributed by atoms with E-state index in [1.54, 1.807) is 7.11 Å². The van der Waals surface area contributed by atoms with Crippen LogP contribution in [0.2, 0.25) is 0 Å². The van der Waals surface area contributed by atoms with E-state index in [0.717, 1.165) is 37.7 Å². The Bertz CT molecular complexity index is 693. The van der Waals surface area contributed by atoms with Crippen molar-refractivity contribution in [3.8, 4) is 11.5 Å². The van der Waals surface area contributed by atoms with Crippen molar-refractivity contribution in [2.24, 2.45) is 5.92 Å². The lowest BCUT2D eigenvalue weighted by Gasteiger charge is -2.39. The number of likely N-dealkylation sites (tertiary alicyclic amines) is 1. The molecule has 2 heterocycles. The lowest BCUT2D eigenvalue weighted by molar-refractivity contribution is -0.0734. The zero-order chi connectivity index (χ0) is 22.2. The number of allylic oxidation sites excluding steroid dienone is 1. The third kappa shape index (κ3) is 7.49. The van der Waals surface area contributed by atoms with Crippen LogP contribution in [0, 0.1) is 5.92 Å². The first-order chi connectivity index (χ1) is 15.0. The van der Waals surface area contributed by atoms with Gasteiger partial charge in [0.2, 0.25) is 0 Å². The van der Waals surface area contributed by atoms with E-state index in [-0.39, 0.29) is 6.61 Å². The molecule has 2 saturated heterocycles. The first kappa shape index (κ1) is 24.1. The Balaban J connectivity index is 1.39. The van der Waals surface area contributed by atoms with E-state index in [1.807, 2.05) is 37.3 Å². The molecule has 3 unspecified atom stereocenters. The number of morpholine rings is 1. The van der Waals surface area contributed by atoms with E-state index in [2.05, 4.69) is 23.6 Å². The first-order valence-electron chi connectivity index (χ1n) is 11.7. The van der Waals surface area contributed by atoms with Crippen LogP contribution in [0.3, 0.4) is 0 Å². The minimum Gasteiger partial charge on any atom is -0.493 e. The number of piperidine rings is 1. The smallest absolute Gasteiger partial charge is 0.161 e. The molecule has 0 radical (unpaired) electrons. The Hall–Kier alpha value is -1.60. The van der Waals surface area contributed by atoms with Gasteiger partial charge in [0.05, 0.1) is 19.3 Å². The van der Waals surface area contributed by atoms with Crippen molar-refractivity contribution < 1.29 is 19.3 Å². The average Bonchev–Trinajstić information content (AvgIpc) is 2.73. The van der Waals surface area contributed by atoms with Crippen molar-refractivity contribution in [1.29, 1.82) is 0 Å². The van der Waals surface area contributed by atoms with Crippen LogP contribution in [0.25, 0.3) is 6.08 Å². The Morgan fingerprint density at radius 2 is 1.84 bits per heavy atom. The summed E-state index contributed by atoms with van der Waals surface area (Å²) in [5, 5.41) is 10.5. The number of aliphatic hydroxyl groups excluding tert-OH is 1. The Kier molecular flexibility index (Phi) is 9.20. The largest absolute Gasteiger partial charge is 0.493 e. The number of benzene rings is 1. The minimum absolute atomic E-state index is 0.267. The summed E-state index contributed by atoms with van der Waals surface area (Å²) in [6, 6.07) is 5.84. The number of methoxy groups -OCH3 is 1. The number of aliphatic hydroxyl groups is 1. The second-order valence-corrected chi connectivity index (χ2v) is 9.09. The normalized spacial score (nSPS) is 25.1. The van der Waals surface area contributed by atoms with Gasteiger partial charge in [-0.05, 0) is 70.3 Å². The highest BCUT2D eigenvalue weighted by atomic mass is 16.5. The number of rotatable bonds is 9. The molecule has 31 heavy (non-hydrogen) atoms. The monoisotopic (exact) mass is 432 g/mol. The predicted molar refractivity (Wildman–Crippen MR) is 125 cm³/mol. The molecule has 2 fully saturated rings. The van der Waals surface area contributed by atoms with E-state index in [1.165, 1.54) is 19.4 Å². The summed E-state index contributed by atoms with van der Waals surface area (Å²) < 4.78 is 17.2. The van der Waals surface area contributed by atoms with Crippen LogP contribution in [0.1, 0.15) is 39.2 Å². The van der Waals surface area contributed by atoms with Gasteiger partial charge in [0.25, 0.3) is 0 Å². The molecule has 174 valence electrons. The molecular formula is C25H40N2O4. The van der Waals surface area contributed by atoms with Gasteiger partial charge in [0.15, 0.2) is 11.5 Å². The molecule has 1 N–H and O–H groups in total. The third-order valence-electron chi connectivity index (χ3n) is 6.17. The van der Waals surface area contributed by atoms with Crippen molar-refractivity contribution in [2.75, 3.05) is 53.0 Å². The van der Waals surface area contributed by atoms with Crippen LogP contribution in [0.4, 0.5) is 0 Å². The summed E-state index contributed by atoms with van der Waals surface area (Å²) in [5.41, 5.74) is 1.07. The molecule has 2 aliphatic heterocycles. The molecule has 0 aromatic heterocycles. The number of hydrogen-bond acceptors (Lipinski definition) is 6. The van der Waals surface area contributed by atoms with Crippen molar-refractivity contribution in [2.45, 2.75) is 51.9 Å². The molecular weight excluding hydrogens is 392 g/mol. The fourth-order valence-electron chi connectivity index (χ4n) is 4.79. The molecule has 6 heteroatoms. The van der Waals surface area contributed by atoms with E-state index in [9.17, 15) is 5.11 Å². The lowest BCUT2D eigenvalue weighted by atomic mass is 9.95. The minimum atomic E-state index is -0.516. The lowest BCUT2D eigenvalue weighted by Crippen LogP contribution is -2.48. The zero-order valence-corrected chi connectivity index (χ0v) is 19.6. The molecule has 0 spiro atoms. The molecule has 0 aliphatic carbocycles. The van der Waals surface area contributed by atoms with Crippen LogP contribution < -0.4 is 9.47 Å². The van der Waals surface area contributed by atoms with Crippen molar-refractivity contribution in [3.05, 3.63) is 29.8 Å². The predicted octanol–water partition coefficient (Wildman–Crippen LogP) is 3.29. The molecule has 0 saturated carbocycles. The highest BCUT2D eigenvalue weighted by molar-refractivity contribution is 5.55. The molecule has 6 nitrogen and oxygen atoms in total. The van der Waals surface area contributed by atoms with Gasteiger partial charge in [-0.1, -0.05) is 18.2 Å². The molecule has 2 aliphatic rings. The quantitative estimate of drug-likeness (QED) is 0.646. The van der Waals surface area contributed by atoms with Gasteiger partial charge in [0.1, 0.15) is 12.7 Å². The molecule has 3 atom stereocenters. The summed E-state index contributed by atoms with van der Waals surface area (Å²) in [7, 11) is 1.64. The Morgan fingerprint density at radius 3 is 2.48 bits per heavy atom. The van der Waals surface area contributed by atoms with E-state index >= 15 is 0 Å². The first-order valence-corrected chi connectivity index (χ1v) is 11.7. The molecule has 1 aromatic rings. The van der Waals surface area contributed by atoms with Gasteiger partial charge >= 0.3 is 0 Å². The summed E-state index contributed by atoms with van der Waals surface area (Å²) in [5.74, 6) is 2.10. The maximum absolute atomic E-state index is 10.5. The summed E-state index contributed by atoms with van der Waals surface area (Å²) >= 11 is 0. The van der Waals surface area contributed by atoms with Gasteiger partial charge < -0.3 is 24.2 Å². The highest BCUT2D eigenvalue weighted by Gasteiger charge is 2.27. The van der Waals surface area contributed by atoms with Crippen LogP contribution in [0.5, 0.6) is 11.5 Å². The highest BCUT2D eigenvalue weighted by Crippen LogP contribution is 2.29. The van der Waals surface area contributed by atoms with Crippen molar-refractivity contribution in [3.63, 3.8) is 0 Å². The van der Waals surface area contributed by atoms with Crippen molar-refractivity contribution >= 4 is 6.08 Å². The van der Waals surface area contributed by atoms with Crippen LogP contribution in [-0.2, 0) is 4.74 Å². The average molecular weight is 433 g/mol. The fourth-order valence-corrected chi connectivity index (χ4v) is 4.79. The van der Waals surface area contributed by atoms with Crippen molar-refractivity contribution in [1.82, 2.24) is 9.80 Å². The zero-order valence-electron chi connectivity index (χ0n) is 19.6. The third-order valence-corrected chi connectivity index (χ3v) is 6.17. The van der Waals surface area contributed by atoms with Gasteiger partial charge in [-0.3, -0.25) is 4.90 Å². The maximum atomic E-state index is 10.5. The SMILES string of the molecule is C/C=C/c1ccc(OCC(O)CN2CCC(CN3CC(C)OC(C)C3)CC2)c(OC)c1. The number of nitrogens with zero attached hydrogens (tertiary/aromatic N) is 2. The number of hydrogen-bond donors (Lipinski definition) is 1. The number of β-amino-alcohol motifs (C(OH)–C–C–N with tert-alkyl or cyclic N) is 1. The maximum Gasteiger partial charge on any atom is 0.161 e. The second-order valence-electron chi connectivity index (χ2n) is 9.09. The van der Waals surface area contributed by atoms with E-state index < -0.39 is 6.10 Å². The van der Waals surface area contributed by atoms with Gasteiger partial charge in [0, 0.05) is 26.2 Å². The number of ether oxygens (including phenoxy) is 3. The standard InChI is InChI=1S/C25H40N2O4/c1-5-6-21-7-8-24(25(13-21)29-4)30-18-23(28)17-26-11-9-22(10-12-26)16-27-14-19(2)31-20(3)15-27/h5-8,13,19-20,22-23,28H,9-12,14-18H2,1-4H3/b6-5+. The Labute approximate surface area is 187 Å². The van der Waals surface area contributed by atoms with E-state index in [4.69, 9.17) is 14.2 Å². The fraction of sp³-hybridized carbons (Fsp3) is 0.680. The van der Waals surface area contributed by atoms with Crippen LogP contribution in [-0.4, -0.2) is 86.2 Å². The summed E-state index contributed by atoms with van der Waals surface area (Å²) in [6.45, 7) is 12.6.